The predicted octanol–water partition coefficient (Wildman–Crippen LogP) is 4.11. The van der Waals surface area contributed by atoms with Crippen LogP contribution in [0.3, 0.4) is 0 Å². The van der Waals surface area contributed by atoms with Crippen LogP contribution >= 0.6 is 11.3 Å². The van der Waals surface area contributed by atoms with Crippen molar-refractivity contribution in [2.45, 2.75) is 26.3 Å². The highest BCUT2D eigenvalue weighted by atomic mass is 32.1. The molecule has 1 unspecified atom stereocenters. The molecule has 0 saturated heterocycles. The Kier molecular flexibility index (Phi) is 2.73. The molecule has 1 heterocycles. The Hall–Kier alpha value is -1.02. The summed E-state index contributed by atoms with van der Waals surface area (Å²) in [5, 5.41) is 6.95. The summed E-state index contributed by atoms with van der Waals surface area (Å²) in [6.45, 7) is 4.40. The maximum Gasteiger partial charge on any atom is 0.0349 e. The molecule has 74 valence electrons. The van der Waals surface area contributed by atoms with E-state index >= 15 is 0 Å². The molecule has 0 fully saturated rings. The molecule has 1 nitrogen and oxygen atoms in total. The van der Waals surface area contributed by atoms with Crippen LogP contribution in [-0.4, -0.2) is 6.04 Å². The number of benzene rings is 1. The van der Waals surface area contributed by atoms with Crippen LogP contribution in [0, 0.1) is 0 Å². The third-order valence-electron chi connectivity index (χ3n) is 2.48. The fourth-order valence-electron chi connectivity index (χ4n) is 1.44. The molecule has 2 rings (SSSR count). The van der Waals surface area contributed by atoms with Crippen molar-refractivity contribution in [1.82, 2.24) is 0 Å². The van der Waals surface area contributed by atoms with E-state index in [0.29, 0.717) is 6.04 Å². The first-order valence-electron chi connectivity index (χ1n) is 5.03. The van der Waals surface area contributed by atoms with Crippen molar-refractivity contribution in [1.29, 1.82) is 0 Å². The van der Waals surface area contributed by atoms with Gasteiger partial charge in [-0.1, -0.05) is 6.92 Å². The Morgan fingerprint density at radius 2 is 2.21 bits per heavy atom. The van der Waals surface area contributed by atoms with Gasteiger partial charge < -0.3 is 5.32 Å². The molecule has 0 saturated carbocycles. The van der Waals surface area contributed by atoms with E-state index in [1.54, 1.807) is 11.3 Å². The van der Waals surface area contributed by atoms with Gasteiger partial charge in [0.05, 0.1) is 0 Å². The summed E-state index contributed by atoms with van der Waals surface area (Å²) in [6, 6.07) is 9.28. The zero-order valence-electron chi connectivity index (χ0n) is 8.58. The van der Waals surface area contributed by atoms with Gasteiger partial charge in [0, 0.05) is 16.4 Å². The molecule has 0 aliphatic rings. The van der Waals surface area contributed by atoms with Gasteiger partial charge in [0.25, 0.3) is 0 Å². The van der Waals surface area contributed by atoms with Crippen molar-refractivity contribution < 1.29 is 0 Å². The molecule has 14 heavy (non-hydrogen) atoms. The molecule has 1 atom stereocenters. The lowest BCUT2D eigenvalue weighted by atomic mass is 10.2. The molecule has 2 heteroatoms. The highest BCUT2D eigenvalue weighted by Gasteiger charge is 2.00. The van der Waals surface area contributed by atoms with Crippen LogP contribution in [0.2, 0.25) is 0 Å². The Morgan fingerprint density at radius 1 is 1.36 bits per heavy atom. The predicted molar refractivity (Wildman–Crippen MR) is 65.2 cm³/mol. The number of nitrogens with one attached hydrogen (secondary N) is 1. The van der Waals surface area contributed by atoms with E-state index in [4.69, 9.17) is 0 Å². The molecule has 2 aromatic rings. The standard InChI is InChI=1S/C12H15NS/c1-3-9(2)13-11-4-5-12-10(8-11)6-7-14-12/h4-9,13H,3H2,1-2H3. The van der Waals surface area contributed by atoms with E-state index in [1.165, 1.54) is 15.8 Å². The minimum Gasteiger partial charge on any atom is -0.383 e. The first-order valence-corrected chi connectivity index (χ1v) is 5.91. The Labute approximate surface area is 88.8 Å². The van der Waals surface area contributed by atoms with Gasteiger partial charge in [0.15, 0.2) is 0 Å². The van der Waals surface area contributed by atoms with E-state index in [0.717, 1.165) is 6.42 Å². The van der Waals surface area contributed by atoms with Crippen molar-refractivity contribution in [3.8, 4) is 0 Å². The number of hydrogen-bond acceptors (Lipinski definition) is 2. The summed E-state index contributed by atoms with van der Waals surface area (Å²) in [6.07, 6.45) is 1.15. The van der Waals surface area contributed by atoms with Gasteiger partial charge in [0.2, 0.25) is 0 Å². The maximum atomic E-state index is 3.48. The number of fused-ring (bicyclic) bond motifs is 1. The van der Waals surface area contributed by atoms with Crippen molar-refractivity contribution >= 4 is 27.1 Å². The highest BCUT2D eigenvalue weighted by molar-refractivity contribution is 7.17. The molecule has 0 aliphatic carbocycles. The molecule has 0 radical (unpaired) electrons. The Morgan fingerprint density at radius 3 is 3.00 bits per heavy atom. The average Bonchev–Trinajstić information content (AvgIpc) is 2.64. The van der Waals surface area contributed by atoms with E-state index in [2.05, 4.69) is 48.8 Å². The lowest BCUT2D eigenvalue weighted by molar-refractivity contribution is 0.764. The first-order chi connectivity index (χ1) is 6.79. The first kappa shape index (κ1) is 9.53. The fourth-order valence-corrected chi connectivity index (χ4v) is 2.21. The molecule has 0 spiro atoms. The van der Waals surface area contributed by atoms with Crippen LogP contribution < -0.4 is 5.32 Å². The largest absolute Gasteiger partial charge is 0.383 e. The number of thiophene rings is 1. The summed E-state index contributed by atoms with van der Waals surface area (Å²) < 4.78 is 1.36. The second kappa shape index (κ2) is 4.01. The molecule has 0 amide bonds. The molecule has 1 aromatic carbocycles. The second-order valence-electron chi connectivity index (χ2n) is 3.63. The summed E-state index contributed by atoms with van der Waals surface area (Å²) in [7, 11) is 0. The zero-order chi connectivity index (χ0) is 9.97. The van der Waals surface area contributed by atoms with Crippen LogP contribution in [0.15, 0.2) is 29.6 Å². The smallest absolute Gasteiger partial charge is 0.0349 e. The Bertz CT molecular complexity index is 419. The lowest BCUT2D eigenvalue weighted by Crippen LogP contribution is -2.12. The van der Waals surface area contributed by atoms with Crippen LogP contribution in [0.5, 0.6) is 0 Å². The third-order valence-corrected chi connectivity index (χ3v) is 3.38. The van der Waals surface area contributed by atoms with Crippen LogP contribution in [-0.2, 0) is 0 Å². The highest BCUT2D eigenvalue weighted by Crippen LogP contribution is 2.24. The van der Waals surface area contributed by atoms with Crippen LogP contribution in [0.25, 0.3) is 10.1 Å². The average molecular weight is 205 g/mol. The van der Waals surface area contributed by atoms with Gasteiger partial charge in [-0.05, 0) is 48.4 Å². The van der Waals surface area contributed by atoms with Gasteiger partial charge in [-0.3, -0.25) is 0 Å². The summed E-state index contributed by atoms with van der Waals surface area (Å²) in [5.41, 5.74) is 1.23. The number of hydrogen-bond donors (Lipinski definition) is 1. The molecular formula is C12H15NS. The lowest BCUT2D eigenvalue weighted by Gasteiger charge is -2.12. The van der Waals surface area contributed by atoms with Crippen LogP contribution in [0.1, 0.15) is 20.3 Å². The molecule has 0 aliphatic heterocycles. The minimum atomic E-state index is 0.547. The summed E-state index contributed by atoms with van der Waals surface area (Å²) in [4.78, 5) is 0. The van der Waals surface area contributed by atoms with Gasteiger partial charge >= 0.3 is 0 Å². The third kappa shape index (κ3) is 1.90. The maximum absolute atomic E-state index is 3.48. The molecule has 1 N–H and O–H groups in total. The fraction of sp³-hybridized carbons (Fsp3) is 0.333. The Balaban J connectivity index is 2.25. The van der Waals surface area contributed by atoms with Gasteiger partial charge in [-0.15, -0.1) is 11.3 Å². The van der Waals surface area contributed by atoms with Crippen molar-refractivity contribution in [2.75, 3.05) is 5.32 Å². The molecule has 0 bridgehead atoms. The van der Waals surface area contributed by atoms with Crippen LogP contribution in [0.4, 0.5) is 5.69 Å². The summed E-state index contributed by atoms with van der Waals surface area (Å²) in [5.74, 6) is 0. The monoisotopic (exact) mass is 205 g/mol. The van der Waals surface area contributed by atoms with E-state index < -0.39 is 0 Å². The second-order valence-corrected chi connectivity index (χ2v) is 4.57. The van der Waals surface area contributed by atoms with E-state index in [1.807, 2.05) is 0 Å². The normalized spacial score (nSPS) is 13.0. The topological polar surface area (TPSA) is 12.0 Å². The van der Waals surface area contributed by atoms with Gasteiger partial charge in [-0.2, -0.15) is 0 Å². The molecular weight excluding hydrogens is 190 g/mol. The quantitative estimate of drug-likeness (QED) is 0.795. The minimum absolute atomic E-state index is 0.547. The zero-order valence-corrected chi connectivity index (χ0v) is 9.40. The van der Waals surface area contributed by atoms with Crippen molar-refractivity contribution in [3.63, 3.8) is 0 Å². The summed E-state index contributed by atoms with van der Waals surface area (Å²) >= 11 is 1.79. The van der Waals surface area contributed by atoms with Crippen molar-refractivity contribution in [3.05, 3.63) is 29.6 Å². The van der Waals surface area contributed by atoms with Crippen molar-refractivity contribution in [2.24, 2.45) is 0 Å². The SMILES string of the molecule is CCC(C)Nc1ccc2sccc2c1. The van der Waals surface area contributed by atoms with Gasteiger partial charge in [-0.25, -0.2) is 0 Å². The molecule has 1 aromatic heterocycles. The number of anilines is 1. The van der Waals surface area contributed by atoms with Gasteiger partial charge in [0.1, 0.15) is 0 Å². The van der Waals surface area contributed by atoms with E-state index in [-0.39, 0.29) is 0 Å². The van der Waals surface area contributed by atoms with E-state index in [9.17, 15) is 0 Å². The number of rotatable bonds is 3.